The Balaban J connectivity index is 3.33. The van der Waals surface area contributed by atoms with E-state index in [0.29, 0.717) is 0 Å². The fourth-order valence-corrected chi connectivity index (χ4v) is 1.82. The molecule has 0 saturated carbocycles. The SMILES string of the molecule is O=C(O)c1nc(I)cc(OC(F)(F)F)c1CCl. The quantitative estimate of drug-likeness (QED) is 0.497. The van der Waals surface area contributed by atoms with Gasteiger partial charge in [0.05, 0.1) is 5.88 Å². The number of rotatable bonds is 3. The van der Waals surface area contributed by atoms with Crippen molar-refractivity contribution in [3.8, 4) is 5.75 Å². The molecule has 0 aliphatic heterocycles. The summed E-state index contributed by atoms with van der Waals surface area (Å²) in [5, 5.41) is 8.78. The highest BCUT2D eigenvalue weighted by Gasteiger charge is 2.33. The summed E-state index contributed by atoms with van der Waals surface area (Å²) in [6, 6.07) is 0.970. The van der Waals surface area contributed by atoms with E-state index in [1.807, 2.05) is 0 Å². The number of carbonyl (C=O) groups is 1. The number of carboxylic acid groups (broad SMARTS) is 1. The zero-order valence-electron chi connectivity index (χ0n) is 7.89. The lowest BCUT2D eigenvalue weighted by Crippen LogP contribution is -2.19. The molecule has 0 atom stereocenters. The van der Waals surface area contributed by atoms with Crippen molar-refractivity contribution in [1.82, 2.24) is 4.98 Å². The van der Waals surface area contributed by atoms with Gasteiger partial charge in [-0.1, -0.05) is 0 Å². The van der Waals surface area contributed by atoms with Gasteiger partial charge in [-0.2, -0.15) is 0 Å². The van der Waals surface area contributed by atoms with Crippen molar-refractivity contribution in [3.05, 3.63) is 21.0 Å². The number of ether oxygens (including phenoxy) is 1. The second kappa shape index (κ2) is 5.25. The van der Waals surface area contributed by atoms with Crippen molar-refractivity contribution in [2.75, 3.05) is 0 Å². The van der Waals surface area contributed by atoms with Crippen molar-refractivity contribution in [2.24, 2.45) is 0 Å². The van der Waals surface area contributed by atoms with Gasteiger partial charge >= 0.3 is 12.3 Å². The zero-order valence-corrected chi connectivity index (χ0v) is 10.8. The summed E-state index contributed by atoms with van der Waals surface area (Å²) in [7, 11) is 0. The topological polar surface area (TPSA) is 59.4 Å². The Hall–Kier alpha value is -0.770. The summed E-state index contributed by atoms with van der Waals surface area (Å²) in [6.45, 7) is 0. The number of alkyl halides is 4. The molecule has 0 aliphatic carbocycles. The Labute approximate surface area is 112 Å². The molecular formula is C8H4ClF3INO3. The molecule has 0 aromatic carbocycles. The molecule has 17 heavy (non-hydrogen) atoms. The van der Waals surface area contributed by atoms with Crippen LogP contribution in [0.5, 0.6) is 5.75 Å². The third-order valence-corrected chi connectivity index (χ3v) is 2.43. The second-order valence-electron chi connectivity index (χ2n) is 2.76. The van der Waals surface area contributed by atoms with E-state index in [2.05, 4.69) is 9.72 Å². The maximum atomic E-state index is 12.1. The maximum absolute atomic E-state index is 12.1. The number of hydrogen-bond donors (Lipinski definition) is 1. The van der Waals surface area contributed by atoms with Crippen molar-refractivity contribution < 1.29 is 27.8 Å². The van der Waals surface area contributed by atoms with Crippen LogP contribution in [-0.2, 0) is 5.88 Å². The number of hydrogen-bond acceptors (Lipinski definition) is 3. The summed E-state index contributed by atoms with van der Waals surface area (Å²) >= 11 is 6.99. The van der Waals surface area contributed by atoms with Crippen LogP contribution in [0.3, 0.4) is 0 Å². The predicted octanol–water partition coefficient (Wildman–Crippen LogP) is 3.02. The van der Waals surface area contributed by atoms with Crippen molar-refractivity contribution in [2.45, 2.75) is 12.2 Å². The molecule has 0 aliphatic rings. The molecule has 0 saturated heterocycles. The molecule has 1 aromatic rings. The Kier molecular flexibility index (Phi) is 4.42. The van der Waals surface area contributed by atoms with Gasteiger partial charge in [0.25, 0.3) is 0 Å². The van der Waals surface area contributed by atoms with Crippen molar-refractivity contribution in [1.29, 1.82) is 0 Å². The number of aromatic nitrogens is 1. The van der Waals surface area contributed by atoms with Crippen LogP contribution in [0.25, 0.3) is 0 Å². The monoisotopic (exact) mass is 381 g/mol. The summed E-state index contributed by atoms with van der Waals surface area (Å²) in [5.41, 5.74) is -0.858. The van der Waals surface area contributed by atoms with Crippen LogP contribution in [0.4, 0.5) is 13.2 Å². The highest BCUT2D eigenvalue weighted by molar-refractivity contribution is 14.1. The highest BCUT2D eigenvalue weighted by Crippen LogP contribution is 2.30. The maximum Gasteiger partial charge on any atom is 0.573 e. The molecule has 0 amide bonds. The van der Waals surface area contributed by atoms with E-state index in [9.17, 15) is 18.0 Å². The summed E-state index contributed by atoms with van der Waals surface area (Å²) in [5.74, 6) is -2.56. The van der Waals surface area contributed by atoms with E-state index >= 15 is 0 Å². The van der Waals surface area contributed by atoms with Crippen LogP contribution in [0, 0.1) is 3.70 Å². The zero-order chi connectivity index (χ0) is 13.2. The molecular weight excluding hydrogens is 377 g/mol. The first-order chi connectivity index (χ1) is 7.74. The van der Waals surface area contributed by atoms with Gasteiger partial charge in [0.2, 0.25) is 0 Å². The Morgan fingerprint density at radius 1 is 1.59 bits per heavy atom. The minimum Gasteiger partial charge on any atom is -0.476 e. The van der Waals surface area contributed by atoms with E-state index in [4.69, 9.17) is 16.7 Å². The predicted molar refractivity (Wildman–Crippen MR) is 60.2 cm³/mol. The molecule has 9 heteroatoms. The van der Waals surface area contributed by atoms with Gasteiger partial charge < -0.3 is 9.84 Å². The van der Waals surface area contributed by atoms with Crippen molar-refractivity contribution in [3.63, 3.8) is 0 Å². The number of nitrogens with zero attached hydrogens (tertiary/aromatic N) is 1. The minimum absolute atomic E-state index is 0.0631. The Morgan fingerprint density at radius 2 is 2.18 bits per heavy atom. The van der Waals surface area contributed by atoms with Gasteiger partial charge in [0.1, 0.15) is 9.45 Å². The largest absolute Gasteiger partial charge is 0.573 e. The average molecular weight is 381 g/mol. The van der Waals surface area contributed by atoms with E-state index in [0.717, 1.165) is 6.07 Å². The summed E-state index contributed by atoms with van der Waals surface area (Å²) < 4.78 is 40.0. The molecule has 0 spiro atoms. The number of carboxylic acids is 1. The average Bonchev–Trinajstić information content (AvgIpc) is 2.14. The number of halogens is 5. The summed E-state index contributed by atoms with van der Waals surface area (Å²) in [6.07, 6.45) is -4.92. The molecule has 1 aromatic heterocycles. The molecule has 1 heterocycles. The highest BCUT2D eigenvalue weighted by atomic mass is 127. The number of aromatic carboxylic acids is 1. The third-order valence-electron chi connectivity index (χ3n) is 1.61. The lowest BCUT2D eigenvalue weighted by molar-refractivity contribution is -0.274. The van der Waals surface area contributed by atoms with Gasteiger partial charge in [0, 0.05) is 11.6 Å². The van der Waals surface area contributed by atoms with Gasteiger partial charge in [-0.15, -0.1) is 24.8 Å². The standard InChI is InChI=1S/C8H4ClF3INO3/c9-2-3-4(17-8(10,11)12)1-5(13)14-6(3)7(15)16/h1H,2H2,(H,15,16). The van der Waals surface area contributed by atoms with Gasteiger partial charge in [-0.25, -0.2) is 9.78 Å². The summed E-state index contributed by atoms with van der Waals surface area (Å²) in [4.78, 5) is 14.4. The fraction of sp³-hybridized carbons (Fsp3) is 0.250. The Bertz CT molecular complexity index is 452. The third kappa shape index (κ3) is 3.87. The normalized spacial score (nSPS) is 11.4. The van der Waals surface area contributed by atoms with Crippen LogP contribution in [0.15, 0.2) is 6.07 Å². The van der Waals surface area contributed by atoms with Crippen LogP contribution in [0.1, 0.15) is 16.1 Å². The Morgan fingerprint density at radius 3 is 2.59 bits per heavy atom. The van der Waals surface area contributed by atoms with E-state index in [1.54, 1.807) is 22.6 Å². The first-order valence-electron chi connectivity index (χ1n) is 3.99. The first kappa shape index (κ1) is 14.3. The molecule has 4 nitrogen and oxygen atoms in total. The van der Waals surface area contributed by atoms with E-state index in [1.165, 1.54) is 0 Å². The molecule has 1 rings (SSSR count). The molecule has 0 radical (unpaired) electrons. The fourth-order valence-electron chi connectivity index (χ4n) is 1.04. The minimum atomic E-state index is -4.92. The van der Waals surface area contributed by atoms with Crippen LogP contribution >= 0.6 is 34.2 Å². The van der Waals surface area contributed by atoms with Gasteiger partial charge in [-0.05, 0) is 22.6 Å². The molecule has 94 valence electrons. The van der Waals surface area contributed by atoms with Gasteiger partial charge in [0.15, 0.2) is 5.69 Å². The van der Waals surface area contributed by atoms with E-state index in [-0.39, 0.29) is 9.26 Å². The first-order valence-corrected chi connectivity index (χ1v) is 5.60. The number of pyridine rings is 1. The lowest BCUT2D eigenvalue weighted by atomic mass is 10.2. The van der Waals surface area contributed by atoms with E-state index < -0.39 is 29.7 Å². The molecule has 0 bridgehead atoms. The molecule has 0 unspecified atom stereocenters. The van der Waals surface area contributed by atoms with Crippen molar-refractivity contribution >= 4 is 40.2 Å². The second-order valence-corrected chi connectivity index (χ2v) is 4.13. The van der Waals surface area contributed by atoms with Crippen LogP contribution in [0.2, 0.25) is 0 Å². The lowest BCUT2D eigenvalue weighted by Gasteiger charge is -2.13. The van der Waals surface area contributed by atoms with Crippen LogP contribution in [-0.4, -0.2) is 22.4 Å². The van der Waals surface area contributed by atoms with Gasteiger partial charge in [-0.3, -0.25) is 0 Å². The van der Waals surface area contributed by atoms with Crippen LogP contribution < -0.4 is 4.74 Å². The molecule has 0 fully saturated rings. The molecule has 1 N–H and O–H groups in total. The smallest absolute Gasteiger partial charge is 0.476 e.